The molecule has 0 bridgehead atoms. The summed E-state index contributed by atoms with van der Waals surface area (Å²) in [5, 5.41) is 2.45. The maximum atomic E-state index is 11.7. The smallest absolute Gasteiger partial charge is 0.408 e. The molecule has 0 aromatic heterocycles. The summed E-state index contributed by atoms with van der Waals surface area (Å²) in [6.45, 7) is 5.30. The minimum absolute atomic E-state index is 0.0228. The van der Waals surface area contributed by atoms with Crippen LogP contribution < -0.4 is 5.32 Å². The van der Waals surface area contributed by atoms with Crippen LogP contribution in [0.3, 0.4) is 0 Å². The summed E-state index contributed by atoms with van der Waals surface area (Å²) in [6, 6.07) is 7.50. The molecular formula is C14H18BrNO3. The number of ether oxygens (including phenoxy) is 1. The summed E-state index contributed by atoms with van der Waals surface area (Å²) in [5.41, 5.74) is 0.359. The largest absolute Gasteiger partial charge is 0.444 e. The maximum absolute atomic E-state index is 11.7. The molecule has 5 heteroatoms. The third kappa shape index (κ3) is 6.96. The number of nitrogens with one attached hydrogen (secondary N) is 1. The quantitative estimate of drug-likeness (QED) is 0.924. The van der Waals surface area contributed by atoms with Gasteiger partial charge < -0.3 is 10.1 Å². The van der Waals surface area contributed by atoms with E-state index in [1.165, 1.54) is 0 Å². The highest BCUT2D eigenvalue weighted by atomic mass is 79.9. The molecule has 1 N–H and O–H groups in total. The number of benzene rings is 1. The van der Waals surface area contributed by atoms with E-state index in [1.807, 2.05) is 24.3 Å². The van der Waals surface area contributed by atoms with Crippen molar-refractivity contribution < 1.29 is 14.3 Å². The zero-order valence-electron chi connectivity index (χ0n) is 11.3. The van der Waals surface area contributed by atoms with E-state index in [1.54, 1.807) is 20.8 Å². The molecule has 0 radical (unpaired) electrons. The van der Waals surface area contributed by atoms with Crippen LogP contribution in [0.25, 0.3) is 0 Å². The van der Waals surface area contributed by atoms with Crippen LogP contribution in [-0.4, -0.2) is 24.0 Å². The van der Waals surface area contributed by atoms with Crippen molar-refractivity contribution in [1.82, 2.24) is 5.32 Å². The molecule has 0 aliphatic rings. The Bertz CT molecular complexity index is 449. The predicted octanol–water partition coefficient (Wildman–Crippen LogP) is 3.09. The van der Waals surface area contributed by atoms with Crippen molar-refractivity contribution in [2.24, 2.45) is 0 Å². The van der Waals surface area contributed by atoms with Crippen molar-refractivity contribution in [2.45, 2.75) is 32.8 Å². The average Bonchev–Trinajstić information content (AvgIpc) is 2.27. The van der Waals surface area contributed by atoms with Crippen molar-refractivity contribution in [3.63, 3.8) is 0 Å². The Morgan fingerprint density at radius 2 is 1.79 bits per heavy atom. The lowest BCUT2D eigenvalue weighted by atomic mass is 10.1. The Labute approximate surface area is 121 Å². The first-order valence-electron chi connectivity index (χ1n) is 5.99. The number of halogens is 1. The third-order valence-electron chi connectivity index (χ3n) is 2.14. The van der Waals surface area contributed by atoms with Gasteiger partial charge in [-0.1, -0.05) is 28.1 Å². The molecule has 19 heavy (non-hydrogen) atoms. The predicted molar refractivity (Wildman–Crippen MR) is 77.1 cm³/mol. The first kappa shape index (κ1) is 15.7. The van der Waals surface area contributed by atoms with Gasteiger partial charge in [-0.25, -0.2) is 4.79 Å². The van der Waals surface area contributed by atoms with E-state index >= 15 is 0 Å². The van der Waals surface area contributed by atoms with Gasteiger partial charge in [0.25, 0.3) is 0 Å². The second-order valence-electron chi connectivity index (χ2n) is 5.20. The van der Waals surface area contributed by atoms with Crippen LogP contribution in [0.15, 0.2) is 28.7 Å². The van der Waals surface area contributed by atoms with Crippen LogP contribution in [0.5, 0.6) is 0 Å². The van der Waals surface area contributed by atoms with Gasteiger partial charge in [-0.05, 0) is 38.5 Å². The Kier molecular flexibility index (Phi) is 5.54. The van der Waals surface area contributed by atoms with Crippen molar-refractivity contribution in [2.75, 3.05) is 6.54 Å². The van der Waals surface area contributed by atoms with Crippen LogP contribution in [0.2, 0.25) is 0 Å². The van der Waals surface area contributed by atoms with Gasteiger partial charge >= 0.3 is 6.09 Å². The normalized spacial score (nSPS) is 10.9. The van der Waals surface area contributed by atoms with Gasteiger partial charge in [0, 0.05) is 10.9 Å². The van der Waals surface area contributed by atoms with Gasteiger partial charge in [-0.3, -0.25) is 4.79 Å². The fraction of sp³-hybridized carbons (Fsp3) is 0.429. The number of ketones is 1. The van der Waals surface area contributed by atoms with Crippen LogP contribution >= 0.6 is 15.9 Å². The molecule has 1 amide bonds. The summed E-state index contributed by atoms with van der Waals surface area (Å²) in [6.07, 6.45) is -0.278. The molecule has 0 atom stereocenters. The highest BCUT2D eigenvalue weighted by molar-refractivity contribution is 9.10. The number of hydrogen-bond acceptors (Lipinski definition) is 3. The molecule has 0 spiro atoms. The Balaban J connectivity index is 2.36. The average molecular weight is 328 g/mol. The minimum Gasteiger partial charge on any atom is -0.444 e. The lowest BCUT2D eigenvalue weighted by Crippen LogP contribution is -2.35. The topological polar surface area (TPSA) is 55.4 Å². The Hall–Kier alpha value is -1.36. The van der Waals surface area contributed by atoms with Gasteiger partial charge in [0.05, 0.1) is 6.54 Å². The Morgan fingerprint density at radius 1 is 1.21 bits per heavy atom. The van der Waals surface area contributed by atoms with E-state index in [-0.39, 0.29) is 12.3 Å². The van der Waals surface area contributed by atoms with Crippen molar-refractivity contribution >= 4 is 27.8 Å². The van der Waals surface area contributed by atoms with Gasteiger partial charge in [-0.15, -0.1) is 0 Å². The number of carbonyl (C=O) groups excluding carboxylic acids is 2. The number of hydrogen-bond donors (Lipinski definition) is 1. The van der Waals surface area contributed by atoms with E-state index < -0.39 is 11.7 Å². The minimum atomic E-state index is -0.573. The summed E-state index contributed by atoms with van der Waals surface area (Å²) in [5.74, 6) is -0.0619. The number of carbonyl (C=O) groups is 2. The number of Topliss-reactive ketones (excluding diaryl/α,β-unsaturated/α-hetero) is 1. The van der Waals surface area contributed by atoms with Crippen molar-refractivity contribution in [3.05, 3.63) is 34.3 Å². The van der Waals surface area contributed by atoms with Crippen LogP contribution in [0.1, 0.15) is 26.3 Å². The van der Waals surface area contributed by atoms with Crippen molar-refractivity contribution in [3.8, 4) is 0 Å². The molecule has 0 heterocycles. The molecule has 0 unspecified atom stereocenters. The lowest BCUT2D eigenvalue weighted by Gasteiger charge is -2.19. The lowest BCUT2D eigenvalue weighted by molar-refractivity contribution is -0.117. The van der Waals surface area contributed by atoms with Crippen LogP contribution in [-0.2, 0) is 16.0 Å². The van der Waals surface area contributed by atoms with E-state index in [4.69, 9.17) is 4.74 Å². The molecule has 0 aliphatic carbocycles. The third-order valence-corrected chi connectivity index (χ3v) is 2.67. The molecule has 0 saturated heterocycles. The molecule has 0 saturated carbocycles. The first-order valence-corrected chi connectivity index (χ1v) is 6.78. The molecule has 104 valence electrons. The van der Waals surface area contributed by atoms with E-state index in [0.717, 1.165) is 10.0 Å². The molecule has 1 aromatic rings. The zero-order chi connectivity index (χ0) is 14.5. The standard InChI is InChI=1S/C14H18BrNO3/c1-14(2,3)19-13(18)16-9-12(17)8-10-4-6-11(15)7-5-10/h4-7H,8-9H2,1-3H3,(H,16,18). The van der Waals surface area contributed by atoms with Gasteiger partial charge in [0.15, 0.2) is 5.78 Å². The molecule has 1 aromatic carbocycles. The van der Waals surface area contributed by atoms with Crippen LogP contribution in [0.4, 0.5) is 4.79 Å². The fourth-order valence-corrected chi connectivity index (χ4v) is 1.64. The SMILES string of the molecule is CC(C)(C)OC(=O)NCC(=O)Cc1ccc(Br)cc1. The summed E-state index contributed by atoms with van der Waals surface area (Å²) < 4.78 is 6.01. The van der Waals surface area contributed by atoms with E-state index in [2.05, 4.69) is 21.2 Å². The summed E-state index contributed by atoms with van der Waals surface area (Å²) in [4.78, 5) is 23.1. The summed E-state index contributed by atoms with van der Waals surface area (Å²) in [7, 11) is 0. The van der Waals surface area contributed by atoms with Crippen LogP contribution in [0, 0.1) is 0 Å². The van der Waals surface area contributed by atoms with E-state index in [0.29, 0.717) is 6.42 Å². The molecule has 4 nitrogen and oxygen atoms in total. The highest BCUT2D eigenvalue weighted by Gasteiger charge is 2.16. The number of alkyl carbamates (subject to hydrolysis) is 1. The first-order chi connectivity index (χ1) is 8.76. The second-order valence-corrected chi connectivity index (χ2v) is 6.11. The maximum Gasteiger partial charge on any atom is 0.408 e. The Morgan fingerprint density at radius 3 is 2.32 bits per heavy atom. The monoisotopic (exact) mass is 327 g/mol. The van der Waals surface area contributed by atoms with Gasteiger partial charge in [0.1, 0.15) is 5.60 Å². The second kappa shape index (κ2) is 6.70. The van der Waals surface area contributed by atoms with E-state index in [9.17, 15) is 9.59 Å². The number of amides is 1. The van der Waals surface area contributed by atoms with Crippen molar-refractivity contribution in [1.29, 1.82) is 0 Å². The molecule has 0 fully saturated rings. The molecular weight excluding hydrogens is 310 g/mol. The summed E-state index contributed by atoms with van der Waals surface area (Å²) >= 11 is 3.33. The highest BCUT2D eigenvalue weighted by Crippen LogP contribution is 2.11. The molecule has 1 rings (SSSR count). The fourth-order valence-electron chi connectivity index (χ4n) is 1.38. The zero-order valence-corrected chi connectivity index (χ0v) is 12.9. The number of rotatable bonds is 4. The molecule has 0 aliphatic heterocycles. The van der Waals surface area contributed by atoms with Gasteiger partial charge in [0.2, 0.25) is 0 Å². The van der Waals surface area contributed by atoms with Gasteiger partial charge in [-0.2, -0.15) is 0 Å².